The normalized spacial score (nSPS) is 15.5. The molecule has 40 heteroatoms. The summed E-state index contributed by atoms with van der Waals surface area (Å²) in [5.41, 5.74) is 17.5. The third kappa shape index (κ3) is 34.5. The number of carbonyl (C=O) groups is 18. The second-order valence-corrected chi connectivity index (χ2v) is 25.9. The van der Waals surface area contributed by atoms with Gasteiger partial charge in [-0.2, -0.15) is 0 Å². The lowest BCUT2D eigenvalue weighted by Crippen LogP contribution is -2.62. The number of carboxylic acids is 4. The lowest BCUT2D eigenvalue weighted by atomic mass is 9.99. The monoisotopic (exact) mass is 1470 g/mol. The van der Waals surface area contributed by atoms with E-state index in [0.717, 1.165) is 27.7 Å². The van der Waals surface area contributed by atoms with Crippen molar-refractivity contribution < 1.29 is 122 Å². The first-order chi connectivity index (χ1) is 47.7. The number of phenolic OH excluding ortho intramolecular Hbond substituents is 1. The summed E-state index contributed by atoms with van der Waals surface area (Å²) in [5, 5.41) is 95.2. The highest BCUT2D eigenvalue weighted by Gasteiger charge is 2.39. The Morgan fingerprint density at radius 1 is 0.350 bits per heavy atom. The van der Waals surface area contributed by atoms with E-state index in [1.165, 1.54) is 12.1 Å². The van der Waals surface area contributed by atoms with Gasteiger partial charge in [0.1, 0.15) is 72.2 Å². The molecular formula is C63H99N15O25. The van der Waals surface area contributed by atoms with E-state index in [2.05, 4.69) is 47.9 Å². The van der Waals surface area contributed by atoms with Crippen LogP contribution in [0.4, 0.5) is 0 Å². The molecule has 0 heterocycles. The van der Waals surface area contributed by atoms with Crippen LogP contribution in [0.2, 0.25) is 0 Å². The first-order valence-corrected chi connectivity index (χ1v) is 32.7. The summed E-state index contributed by atoms with van der Waals surface area (Å²) in [6.45, 7) is 14.2. The molecule has 0 radical (unpaired) electrons. The number of nitrogens with two attached hydrogens (primary N) is 3. The molecule has 0 spiro atoms. The van der Waals surface area contributed by atoms with Crippen molar-refractivity contribution in [1.82, 2.24) is 63.8 Å². The molecule has 103 heavy (non-hydrogen) atoms. The smallest absolute Gasteiger partial charge is 0.328 e. The Labute approximate surface area is 591 Å². The number of phenols is 1. The second kappa shape index (κ2) is 43.9. The Bertz CT molecular complexity index is 3200. The third-order valence-electron chi connectivity index (χ3n) is 15.0. The number of carbonyl (C=O) groups excluding carboxylic acids is 14. The minimum absolute atomic E-state index is 0.0144. The van der Waals surface area contributed by atoms with Gasteiger partial charge in [-0.3, -0.25) is 81.5 Å². The Morgan fingerprint density at radius 2 is 0.641 bits per heavy atom. The van der Waals surface area contributed by atoms with E-state index in [0.29, 0.717) is 5.56 Å². The predicted molar refractivity (Wildman–Crippen MR) is 357 cm³/mol. The molecule has 1 aromatic rings. The third-order valence-corrected chi connectivity index (χ3v) is 15.0. The van der Waals surface area contributed by atoms with Gasteiger partial charge in [0.05, 0.1) is 37.5 Å². The number of aromatic hydroxyl groups is 1. The van der Waals surface area contributed by atoms with Crippen LogP contribution in [0.3, 0.4) is 0 Å². The molecule has 0 aliphatic heterocycles. The van der Waals surface area contributed by atoms with Crippen molar-refractivity contribution in [2.75, 3.05) is 0 Å². The number of amides is 14. The Morgan fingerprint density at radius 3 is 0.990 bits per heavy atom. The highest BCUT2D eigenvalue weighted by molar-refractivity contribution is 6.02. The standard InChI is InChI=1S/C63H99N15O25/c1-26(2)19-38(56(95)67-30(8)52(91)78-50(32(10)80)63(102)103)73-61(100)43(25-48(88)89)76-60(99)42(24-45(66)83)75-59(98)41(23-44(65)82)71-51(90)29(7)68-62(101)49(31(9)79)77-55(94)37(16-18-47(86)87)69-54(93)36(15-17-46(84)85)70-57(96)40(21-28(5)6)74-58(97)39(20-27(3)4)72-53(92)35(64)22-33-11-13-34(81)14-12-33/h11-14,26-32,35-43,49-50,79-81H,15-25,64H2,1-10H3,(H2,65,82)(H2,66,83)(H,67,95)(H,68,101)(H,69,93)(H,70,96)(H,71,90)(H,72,92)(H,73,100)(H,74,97)(H,75,98)(H,76,99)(H,77,94)(H,78,91)(H,84,85)(H,86,87)(H,88,89)(H,102,103)/t29-,30-,31+,32+,35-,36-,37-,38-,39-,40-,41-,42-,43-,49-,50-/m0/s1. The molecule has 0 saturated heterocycles. The van der Waals surface area contributed by atoms with Crippen LogP contribution in [0.5, 0.6) is 5.75 Å². The van der Waals surface area contributed by atoms with Crippen molar-refractivity contribution in [3.05, 3.63) is 29.8 Å². The predicted octanol–water partition coefficient (Wildman–Crippen LogP) is -6.94. The summed E-state index contributed by atoms with van der Waals surface area (Å²) in [4.78, 5) is 236. The number of hydrogen-bond acceptors (Lipinski definition) is 22. The fourth-order valence-electron chi connectivity index (χ4n) is 9.65. The number of aliphatic hydroxyl groups excluding tert-OH is 2. The number of nitrogens with one attached hydrogen (secondary N) is 12. The van der Waals surface area contributed by atoms with Crippen LogP contribution >= 0.6 is 0 Å². The number of benzene rings is 1. The van der Waals surface area contributed by atoms with E-state index in [9.17, 15) is 122 Å². The van der Waals surface area contributed by atoms with Crippen LogP contribution in [0.25, 0.3) is 0 Å². The average Bonchev–Trinajstić information content (AvgIpc) is 0.861. The molecule has 0 bridgehead atoms. The number of carboxylic acid groups (broad SMARTS) is 4. The fraction of sp³-hybridized carbons (Fsp3) is 0.619. The molecule has 25 N–H and O–H groups in total. The van der Waals surface area contributed by atoms with Gasteiger partial charge >= 0.3 is 23.9 Å². The highest BCUT2D eigenvalue weighted by Crippen LogP contribution is 2.15. The van der Waals surface area contributed by atoms with Crippen molar-refractivity contribution >= 4 is 107 Å². The van der Waals surface area contributed by atoms with Gasteiger partial charge in [0, 0.05) is 12.8 Å². The molecule has 576 valence electrons. The van der Waals surface area contributed by atoms with Crippen molar-refractivity contribution in [1.29, 1.82) is 0 Å². The van der Waals surface area contributed by atoms with Gasteiger partial charge in [-0.25, -0.2) is 4.79 Å². The Kier molecular flexibility index (Phi) is 38.5. The topological polar surface area (TPSA) is 671 Å². The van der Waals surface area contributed by atoms with E-state index in [-0.39, 0.29) is 43.3 Å². The van der Waals surface area contributed by atoms with Crippen LogP contribution in [-0.2, 0) is 92.7 Å². The number of hydrogen-bond donors (Lipinski definition) is 22. The van der Waals surface area contributed by atoms with Gasteiger partial charge in [-0.15, -0.1) is 0 Å². The van der Waals surface area contributed by atoms with Crippen molar-refractivity contribution in [3.8, 4) is 5.75 Å². The zero-order valence-electron chi connectivity index (χ0n) is 58.7. The van der Waals surface area contributed by atoms with Crippen LogP contribution in [0.1, 0.15) is 139 Å². The van der Waals surface area contributed by atoms with Crippen molar-refractivity contribution in [2.24, 2.45) is 35.0 Å². The molecule has 1 aromatic carbocycles. The van der Waals surface area contributed by atoms with Crippen molar-refractivity contribution in [2.45, 2.75) is 231 Å². The van der Waals surface area contributed by atoms with Crippen LogP contribution in [-0.4, -0.2) is 233 Å². The van der Waals surface area contributed by atoms with E-state index in [4.69, 9.17) is 17.2 Å². The maximum Gasteiger partial charge on any atom is 0.328 e. The molecule has 0 fully saturated rings. The van der Waals surface area contributed by atoms with Crippen LogP contribution < -0.4 is 81.0 Å². The number of aliphatic hydroxyl groups is 2. The Balaban J connectivity index is 3.48. The largest absolute Gasteiger partial charge is 0.508 e. The van der Waals surface area contributed by atoms with Gasteiger partial charge in [-0.05, 0) is 102 Å². The Hall–Kier alpha value is -10.6. The number of primary amides is 2. The molecule has 0 aliphatic carbocycles. The van der Waals surface area contributed by atoms with Gasteiger partial charge in [0.15, 0.2) is 6.04 Å². The van der Waals surface area contributed by atoms with Crippen LogP contribution in [0, 0.1) is 17.8 Å². The summed E-state index contributed by atoms with van der Waals surface area (Å²) in [6, 6.07) is -16.9. The molecule has 15 atom stereocenters. The first-order valence-electron chi connectivity index (χ1n) is 32.7. The summed E-state index contributed by atoms with van der Waals surface area (Å²) in [6.07, 6.45) is -10.2. The summed E-state index contributed by atoms with van der Waals surface area (Å²) >= 11 is 0. The van der Waals surface area contributed by atoms with Gasteiger partial charge in [0.2, 0.25) is 82.7 Å². The lowest BCUT2D eigenvalue weighted by Gasteiger charge is -2.29. The molecule has 0 aromatic heterocycles. The molecule has 1 rings (SSSR count). The van der Waals surface area contributed by atoms with Crippen molar-refractivity contribution in [3.63, 3.8) is 0 Å². The molecular weight excluding hydrogens is 1370 g/mol. The molecule has 0 saturated carbocycles. The zero-order chi connectivity index (χ0) is 79.0. The maximum atomic E-state index is 14.1. The summed E-state index contributed by atoms with van der Waals surface area (Å²) < 4.78 is 0. The first kappa shape index (κ1) is 90.4. The summed E-state index contributed by atoms with van der Waals surface area (Å²) in [7, 11) is 0. The van der Waals surface area contributed by atoms with Gasteiger partial charge in [0.25, 0.3) is 0 Å². The quantitative estimate of drug-likeness (QED) is 0.0288. The molecule has 40 nitrogen and oxygen atoms in total. The maximum absolute atomic E-state index is 14.1. The van der Waals surface area contributed by atoms with Crippen LogP contribution in [0.15, 0.2) is 24.3 Å². The number of aliphatic carboxylic acids is 4. The van der Waals surface area contributed by atoms with E-state index in [1.54, 1.807) is 53.7 Å². The summed E-state index contributed by atoms with van der Waals surface area (Å²) in [5.74, 6) is -24.3. The molecule has 0 unspecified atom stereocenters. The highest BCUT2D eigenvalue weighted by atomic mass is 16.4. The average molecular weight is 1470 g/mol. The lowest BCUT2D eigenvalue weighted by molar-refractivity contribution is -0.145. The number of rotatable bonds is 47. The molecule has 14 amide bonds. The minimum Gasteiger partial charge on any atom is -0.508 e. The SMILES string of the molecule is CC(C)C[C@H](NC(=O)[C@H](CC(=O)O)NC(=O)[C@H](CC(N)=O)NC(=O)[C@H](CC(N)=O)NC(=O)[C@H](C)NC(=O)[C@@H](NC(=O)[C@H](CCC(=O)O)NC(=O)[C@H](CCC(=O)O)NC(=O)[C@H](CC(C)C)NC(=O)[C@H](CC(C)C)NC(=O)[C@@H](N)Cc1ccc(O)cc1)[C@@H](C)O)C(=O)N[C@@H](C)C(=O)N[C@H](C(=O)O)[C@@H](C)O. The van der Waals surface area contributed by atoms with E-state index < -0.39 is 248 Å². The van der Waals surface area contributed by atoms with Gasteiger partial charge < -0.3 is 117 Å². The van der Waals surface area contributed by atoms with E-state index >= 15 is 0 Å². The van der Waals surface area contributed by atoms with E-state index in [1.807, 2.05) is 16.0 Å². The zero-order valence-corrected chi connectivity index (χ0v) is 58.7. The fourth-order valence-corrected chi connectivity index (χ4v) is 9.65. The van der Waals surface area contributed by atoms with Gasteiger partial charge in [-0.1, -0.05) is 53.7 Å². The minimum atomic E-state index is -2.15. The second-order valence-electron chi connectivity index (χ2n) is 25.9. The molecule has 0 aliphatic rings.